The second-order valence-corrected chi connectivity index (χ2v) is 16.6. The number of hydrogen-bond donors (Lipinski definition) is 11. The fourth-order valence-electron chi connectivity index (χ4n) is 10.4. The lowest BCUT2D eigenvalue weighted by atomic mass is 9.44. The van der Waals surface area contributed by atoms with Gasteiger partial charge in [0.05, 0.1) is 31.3 Å². The molecule has 0 bridgehead atoms. The molecule has 3 saturated heterocycles. The third-order valence-corrected chi connectivity index (χ3v) is 13.5. The van der Waals surface area contributed by atoms with Crippen LogP contribution in [-0.4, -0.2) is 180 Å². The minimum atomic E-state index is -1.92. The minimum absolute atomic E-state index is 0.0273. The van der Waals surface area contributed by atoms with E-state index in [1.165, 1.54) is 0 Å². The van der Waals surface area contributed by atoms with Crippen molar-refractivity contribution in [2.75, 3.05) is 19.8 Å². The Balaban J connectivity index is 1.32. The van der Waals surface area contributed by atoms with Crippen LogP contribution in [0.2, 0.25) is 0 Å². The molecule has 0 radical (unpaired) electrons. The third kappa shape index (κ3) is 7.40. The highest BCUT2D eigenvalue weighted by Crippen LogP contribution is 2.64. The van der Waals surface area contributed by atoms with Crippen molar-refractivity contribution in [2.45, 2.75) is 157 Å². The molecule has 3 saturated carbocycles. The van der Waals surface area contributed by atoms with E-state index in [1.807, 2.05) is 6.92 Å². The summed E-state index contributed by atoms with van der Waals surface area (Å²) in [7, 11) is 0. The number of aliphatic carboxylic acids is 1. The Morgan fingerprint density at radius 3 is 1.76 bits per heavy atom. The Labute approximate surface area is 312 Å². The lowest BCUT2D eigenvalue weighted by Gasteiger charge is -2.61. The highest BCUT2D eigenvalue weighted by molar-refractivity contribution is 5.75. The zero-order valence-corrected chi connectivity index (χ0v) is 30.5. The number of carboxylic acids is 1. The van der Waals surface area contributed by atoms with Gasteiger partial charge in [0.2, 0.25) is 0 Å². The highest BCUT2D eigenvalue weighted by atomic mass is 16.8. The molecule has 3 aliphatic heterocycles. The van der Waals surface area contributed by atoms with Gasteiger partial charge in [-0.25, -0.2) is 0 Å². The van der Waals surface area contributed by atoms with Crippen LogP contribution in [-0.2, 0) is 33.2 Å². The molecule has 11 N–H and O–H groups in total. The average molecular weight is 779 g/mol. The van der Waals surface area contributed by atoms with E-state index in [2.05, 4.69) is 13.5 Å². The predicted molar refractivity (Wildman–Crippen MR) is 180 cm³/mol. The van der Waals surface area contributed by atoms with Gasteiger partial charge in [-0.2, -0.15) is 0 Å². The molecule has 6 fully saturated rings. The third-order valence-electron chi connectivity index (χ3n) is 13.5. The molecule has 54 heavy (non-hydrogen) atoms. The van der Waals surface area contributed by atoms with Gasteiger partial charge in [-0.1, -0.05) is 19.9 Å². The Kier molecular flexibility index (Phi) is 12.8. The second-order valence-electron chi connectivity index (χ2n) is 16.6. The molecule has 18 unspecified atom stereocenters. The van der Waals surface area contributed by atoms with Crippen molar-refractivity contribution in [3.05, 3.63) is 12.2 Å². The number of fused-ring (bicyclic) bond motifs is 3. The number of hydrogen-bond acceptors (Lipinski definition) is 17. The van der Waals surface area contributed by atoms with Crippen molar-refractivity contribution in [1.29, 1.82) is 0 Å². The van der Waals surface area contributed by atoms with E-state index in [0.29, 0.717) is 24.8 Å². The van der Waals surface area contributed by atoms with Gasteiger partial charge in [-0.3, -0.25) is 4.79 Å². The standard InChI is InChI=1S/C36H58O18/c1-14-9-15-5-6-21-35(2,7-4-8-36(21,3)34(47)48)16(15)10-17(14)49-33-30(54-32-28(46)26(44)23(41)19(12-38)51-32)29(24(42)20(13-39)52-33)53-31-27(45)25(43)22(40)18(11-37)50-31/h15-33,37-46H,1,4-13H2,2-3H3,(H,47,48)/t15?,16-,17?,18?,19?,20?,21?,22?,23?,24?,25?,26?,27?,28?,29?,30?,31?,32?,33?,35+,36-/m1/s1. The molecule has 0 aromatic rings. The van der Waals surface area contributed by atoms with Crippen molar-refractivity contribution >= 4 is 5.97 Å². The van der Waals surface area contributed by atoms with Crippen molar-refractivity contribution in [1.82, 2.24) is 0 Å². The second kappa shape index (κ2) is 16.4. The molecule has 0 aromatic carbocycles. The van der Waals surface area contributed by atoms with Crippen LogP contribution in [0.25, 0.3) is 0 Å². The van der Waals surface area contributed by atoms with E-state index < -0.39 is 129 Å². The maximum absolute atomic E-state index is 12.6. The van der Waals surface area contributed by atoms with Crippen molar-refractivity contribution < 1.29 is 89.4 Å². The average Bonchev–Trinajstić information content (AvgIpc) is 3.14. The van der Waals surface area contributed by atoms with Crippen LogP contribution in [0.4, 0.5) is 0 Å². The number of aliphatic hydroxyl groups excluding tert-OH is 10. The first-order valence-corrected chi connectivity index (χ1v) is 18.9. The molecule has 6 rings (SSSR count). The highest BCUT2D eigenvalue weighted by Gasteiger charge is 2.61. The normalized spacial score (nSPS) is 52.7. The topological polar surface area (TPSA) is 295 Å². The molecule has 6 aliphatic rings. The van der Waals surface area contributed by atoms with E-state index in [9.17, 15) is 61.0 Å². The maximum Gasteiger partial charge on any atom is 0.309 e. The number of aliphatic hydroxyl groups is 10. The first-order valence-electron chi connectivity index (χ1n) is 18.9. The van der Waals surface area contributed by atoms with Gasteiger partial charge in [0.15, 0.2) is 18.9 Å². The molecule has 18 nitrogen and oxygen atoms in total. The van der Waals surface area contributed by atoms with Crippen LogP contribution in [0.3, 0.4) is 0 Å². The lowest BCUT2D eigenvalue weighted by molar-refractivity contribution is -0.395. The maximum atomic E-state index is 12.6. The summed E-state index contributed by atoms with van der Waals surface area (Å²) in [6, 6.07) is 0. The van der Waals surface area contributed by atoms with Gasteiger partial charge in [-0.15, -0.1) is 0 Å². The first kappa shape index (κ1) is 42.2. The van der Waals surface area contributed by atoms with Crippen LogP contribution in [0.1, 0.15) is 58.8 Å². The summed E-state index contributed by atoms with van der Waals surface area (Å²) in [5.41, 5.74) is -0.517. The molecule has 21 atom stereocenters. The van der Waals surface area contributed by atoms with Crippen molar-refractivity contribution in [2.24, 2.45) is 28.6 Å². The Hall–Kier alpha value is -1.43. The van der Waals surface area contributed by atoms with E-state index in [0.717, 1.165) is 25.7 Å². The number of carboxylic acid groups (broad SMARTS) is 1. The summed E-state index contributed by atoms with van der Waals surface area (Å²) in [5.74, 6) is -0.646. The van der Waals surface area contributed by atoms with E-state index in [4.69, 9.17) is 28.4 Å². The Bertz CT molecular complexity index is 1320. The molecule has 3 aliphatic carbocycles. The fourth-order valence-corrected chi connectivity index (χ4v) is 10.4. The smallest absolute Gasteiger partial charge is 0.309 e. The molecular weight excluding hydrogens is 720 g/mol. The summed E-state index contributed by atoms with van der Waals surface area (Å²) in [6.45, 7) is 5.97. The van der Waals surface area contributed by atoms with Gasteiger partial charge in [-0.05, 0) is 74.2 Å². The molecule has 18 heteroatoms. The summed E-state index contributed by atoms with van der Waals surface area (Å²) in [4.78, 5) is 12.6. The molecule has 3 heterocycles. The number of ether oxygens (including phenoxy) is 6. The summed E-state index contributed by atoms with van der Waals surface area (Å²) < 4.78 is 36.0. The van der Waals surface area contributed by atoms with E-state index in [1.54, 1.807) is 0 Å². The van der Waals surface area contributed by atoms with E-state index in [-0.39, 0.29) is 23.2 Å². The van der Waals surface area contributed by atoms with Crippen molar-refractivity contribution in [3.63, 3.8) is 0 Å². The monoisotopic (exact) mass is 778 g/mol. The zero-order chi connectivity index (χ0) is 39.4. The number of carbonyl (C=O) groups is 1. The Morgan fingerprint density at radius 2 is 1.22 bits per heavy atom. The Morgan fingerprint density at radius 1 is 0.704 bits per heavy atom. The molecule has 0 aromatic heterocycles. The number of rotatable bonds is 10. The zero-order valence-electron chi connectivity index (χ0n) is 30.5. The van der Waals surface area contributed by atoms with Gasteiger partial charge in [0.1, 0.15) is 73.2 Å². The summed E-state index contributed by atoms with van der Waals surface area (Å²) >= 11 is 0. The molecule has 0 amide bonds. The van der Waals surface area contributed by atoms with Crippen LogP contribution in [0.5, 0.6) is 0 Å². The molecular formula is C36H58O18. The predicted octanol–water partition coefficient (Wildman–Crippen LogP) is -2.91. The quantitative estimate of drug-likeness (QED) is 0.0783. The summed E-state index contributed by atoms with van der Waals surface area (Å²) in [5, 5.41) is 115. The van der Waals surface area contributed by atoms with Gasteiger partial charge in [0, 0.05) is 0 Å². The lowest BCUT2D eigenvalue weighted by Crippen LogP contribution is -2.67. The van der Waals surface area contributed by atoms with Crippen LogP contribution in [0.15, 0.2) is 12.2 Å². The SMILES string of the molecule is C=C1CC2CCC3[C@](C)(C(=O)O)CCC[C@@]3(C)[C@@H]2CC1OC1OC(CO)C(O)C(OC2OC(CO)C(O)C(O)C2O)C1OC1OC(CO)C(O)C(O)C1O. The van der Waals surface area contributed by atoms with Crippen LogP contribution in [0, 0.1) is 28.6 Å². The van der Waals surface area contributed by atoms with Gasteiger partial charge < -0.3 is 84.6 Å². The van der Waals surface area contributed by atoms with E-state index >= 15 is 0 Å². The van der Waals surface area contributed by atoms with Gasteiger partial charge in [0.25, 0.3) is 0 Å². The first-order chi connectivity index (χ1) is 25.5. The minimum Gasteiger partial charge on any atom is -0.481 e. The van der Waals surface area contributed by atoms with Crippen LogP contribution >= 0.6 is 0 Å². The van der Waals surface area contributed by atoms with Crippen molar-refractivity contribution in [3.8, 4) is 0 Å². The van der Waals surface area contributed by atoms with Gasteiger partial charge >= 0.3 is 5.97 Å². The molecule has 310 valence electrons. The summed E-state index contributed by atoms with van der Waals surface area (Å²) in [6.07, 6.45) is -21.5. The van der Waals surface area contributed by atoms with Crippen LogP contribution < -0.4 is 0 Å². The largest absolute Gasteiger partial charge is 0.481 e. The fraction of sp³-hybridized carbons (Fsp3) is 0.917. The molecule has 0 spiro atoms.